The van der Waals surface area contributed by atoms with E-state index in [1.54, 1.807) is 0 Å². The lowest BCUT2D eigenvalue weighted by molar-refractivity contribution is -0.116. The highest BCUT2D eigenvalue weighted by atomic mass is 32.1. The number of hydrogen-bond donors (Lipinski definition) is 2. The van der Waals surface area contributed by atoms with Gasteiger partial charge in [-0.2, -0.15) is 0 Å². The van der Waals surface area contributed by atoms with E-state index in [4.69, 9.17) is 5.73 Å². The third-order valence-corrected chi connectivity index (χ3v) is 4.77. The van der Waals surface area contributed by atoms with Gasteiger partial charge in [-0.05, 0) is 36.7 Å². The minimum Gasteiger partial charge on any atom is -0.365 e. The monoisotopic (exact) mass is 294 g/mol. The molecule has 1 aliphatic rings. The van der Waals surface area contributed by atoms with Crippen molar-refractivity contribution in [1.82, 2.24) is 0 Å². The molecule has 0 saturated heterocycles. The summed E-state index contributed by atoms with van der Waals surface area (Å²) in [5, 5.41) is 3.51. The van der Waals surface area contributed by atoms with Crippen molar-refractivity contribution in [3.05, 3.63) is 16.0 Å². The van der Waals surface area contributed by atoms with Gasteiger partial charge >= 0.3 is 0 Å². The van der Waals surface area contributed by atoms with Crippen molar-refractivity contribution in [1.29, 1.82) is 0 Å². The second-order valence-corrected chi connectivity index (χ2v) is 7.17. The minimum absolute atomic E-state index is 0.0471. The molecule has 1 aromatic heterocycles. The summed E-state index contributed by atoms with van der Waals surface area (Å²) in [7, 11) is 0. The number of fused-ring (bicyclic) bond motifs is 1. The summed E-state index contributed by atoms with van der Waals surface area (Å²) < 4.78 is 0. The van der Waals surface area contributed by atoms with E-state index < -0.39 is 5.91 Å². The molecule has 0 unspecified atom stereocenters. The standard InChI is InChI=1S/C15H22N2O2S/c1-8(2)6-12(18)17-15-13(14(16)19)10-5-4-9(3)7-11(10)20-15/h8-9H,4-7H2,1-3H3,(H2,16,19)(H,17,18)/t9-/m1/s1. The first kappa shape index (κ1) is 15.0. The Bertz CT molecular complexity index is 534. The number of nitrogens with one attached hydrogen (secondary N) is 1. The number of anilines is 1. The first-order valence-electron chi connectivity index (χ1n) is 7.12. The molecule has 1 heterocycles. The van der Waals surface area contributed by atoms with Gasteiger partial charge in [0.15, 0.2) is 0 Å². The average molecular weight is 294 g/mol. The Morgan fingerprint density at radius 2 is 2.15 bits per heavy atom. The number of thiophene rings is 1. The van der Waals surface area contributed by atoms with Crippen LogP contribution in [0.5, 0.6) is 0 Å². The molecule has 0 aliphatic heterocycles. The van der Waals surface area contributed by atoms with E-state index in [9.17, 15) is 9.59 Å². The molecule has 0 bridgehead atoms. The Balaban J connectivity index is 2.28. The van der Waals surface area contributed by atoms with Crippen molar-refractivity contribution in [2.24, 2.45) is 17.6 Å². The fourth-order valence-electron chi connectivity index (χ4n) is 2.65. The summed E-state index contributed by atoms with van der Waals surface area (Å²) in [4.78, 5) is 24.8. The number of rotatable bonds is 4. The number of carbonyl (C=O) groups excluding carboxylic acids is 2. The number of amides is 2. The van der Waals surface area contributed by atoms with Crippen LogP contribution in [0.4, 0.5) is 5.00 Å². The molecule has 4 nitrogen and oxygen atoms in total. The molecule has 110 valence electrons. The second kappa shape index (κ2) is 5.95. The van der Waals surface area contributed by atoms with Gasteiger partial charge in [0.25, 0.3) is 5.91 Å². The summed E-state index contributed by atoms with van der Waals surface area (Å²) >= 11 is 1.52. The number of carbonyl (C=O) groups is 2. The highest BCUT2D eigenvalue weighted by Crippen LogP contribution is 2.39. The number of hydrogen-bond acceptors (Lipinski definition) is 3. The molecule has 3 N–H and O–H groups in total. The minimum atomic E-state index is -0.433. The molecular formula is C15H22N2O2S. The van der Waals surface area contributed by atoms with E-state index >= 15 is 0 Å². The normalized spacial score (nSPS) is 17.9. The topological polar surface area (TPSA) is 72.2 Å². The first-order chi connectivity index (χ1) is 9.38. The predicted molar refractivity (Wildman–Crippen MR) is 82.1 cm³/mol. The summed E-state index contributed by atoms with van der Waals surface area (Å²) in [6.07, 6.45) is 3.38. The van der Waals surface area contributed by atoms with E-state index in [2.05, 4.69) is 12.2 Å². The van der Waals surface area contributed by atoms with Crippen LogP contribution in [-0.2, 0) is 17.6 Å². The van der Waals surface area contributed by atoms with Gasteiger partial charge in [-0.15, -0.1) is 11.3 Å². The van der Waals surface area contributed by atoms with Crippen LogP contribution >= 0.6 is 11.3 Å². The zero-order chi connectivity index (χ0) is 14.9. The quantitative estimate of drug-likeness (QED) is 0.896. The van der Waals surface area contributed by atoms with Crippen LogP contribution in [0.3, 0.4) is 0 Å². The van der Waals surface area contributed by atoms with E-state index in [0.717, 1.165) is 24.8 Å². The molecule has 1 aromatic rings. The SMILES string of the molecule is CC(C)CC(=O)Nc1sc2c(c1C(N)=O)CC[C@@H](C)C2. The van der Waals surface area contributed by atoms with E-state index in [0.29, 0.717) is 28.8 Å². The van der Waals surface area contributed by atoms with Crippen molar-refractivity contribution in [2.45, 2.75) is 46.5 Å². The first-order valence-corrected chi connectivity index (χ1v) is 7.94. The highest BCUT2D eigenvalue weighted by molar-refractivity contribution is 7.17. The Morgan fingerprint density at radius 3 is 2.75 bits per heavy atom. The molecule has 5 heteroatoms. The van der Waals surface area contributed by atoms with Gasteiger partial charge in [0, 0.05) is 11.3 Å². The van der Waals surface area contributed by atoms with Crippen molar-refractivity contribution in [2.75, 3.05) is 5.32 Å². The van der Waals surface area contributed by atoms with Crippen LogP contribution in [-0.4, -0.2) is 11.8 Å². The fraction of sp³-hybridized carbons (Fsp3) is 0.600. The van der Waals surface area contributed by atoms with E-state index in [1.807, 2.05) is 13.8 Å². The third-order valence-electron chi connectivity index (χ3n) is 3.60. The van der Waals surface area contributed by atoms with Crippen molar-refractivity contribution in [3.8, 4) is 0 Å². The van der Waals surface area contributed by atoms with Crippen molar-refractivity contribution < 1.29 is 9.59 Å². The molecule has 0 aromatic carbocycles. The van der Waals surface area contributed by atoms with Gasteiger partial charge in [0.05, 0.1) is 5.56 Å². The molecule has 0 saturated carbocycles. The van der Waals surface area contributed by atoms with Crippen LogP contribution in [0, 0.1) is 11.8 Å². The molecule has 2 amide bonds. The van der Waals surface area contributed by atoms with Crippen LogP contribution < -0.4 is 11.1 Å². The van der Waals surface area contributed by atoms with Gasteiger partial charge < -0.3 is 11.1 Å². The van der Waals surface area contributed by atoms with Crippen LogP contribution in [0.15, 0.2) is 0 Å². The Kier molecular flexibility index (Phi) is 4.48. The Morgan fingerprint density at radius 1 is 1.45 bits per heavy atom. The van der Waals surface area contributed by atoms with E-state index in [1.165, 1.54) is 16.2 Å². The average Bonchev–Trinajstić information content (AvgIpc) is 2.64. The van der Waals surface area contributed by atoms with Gasteiger partial charge in [0.1, 0.15) is 5.00 Å². The summed E-state index contributed by atoms with van der Waals surface area (Å²) in [6, 6.07) is 0. The second-order valence-electron chi connectivity index (χ2n) is 6.07. The number of primary amides is 1. The summed E-state index contributed by atoms with van der Waals surface area (Å²) in [6.45, 7) is 6.20. The number of nitrogens with two attached hydrogens (primary N) is 1. The molecule has 0 radical (unpaired) electrons. The molecule has 1 aliphatic carbocycles. The molecule has 2 rings (SSSR count). The Labute approximate surface area is 123 Å². The van der Waals surface area contributed by atoms with Gasteiger partial charge in [-0.3, -0.25) is 9.59 Å². The molecular weight excluding hydrogens is 272 g/mol. The van der Waals surface area contributed by atoms with Gasteiger partial charge in [-0.25, -0.2) is 0 Å². The van der Waals surface area contributed by atoms with Crippen LogP contribution in [0.2, 0.25) is 0 Å². The van der Waals surface area contributed by atoms with Crippen molar-refractivity contribution in [3.63, 3.8) is 0 Å². The predicted octanol–water partition coefficient (Wildman–Crippen LogP) is 2.96. The lowest BCUT2D eigenvalue weighted by Crippen LogP contribution is -2.19. The maximum absolute atomic E-state index is 11.9. The molecule has 1 atom stereocenters. The molecule has 0 spiro atoms. The zero-order valence-corrected chi connectivity index (χ0v) is 13.1. The maximum atomic E-state index is 11.9. The maximum Gasteiger partial charge on any atom is 0.251 e. The smallest absolute Gasteiger partial charge is 0.251 e. The highest BCUT2D eigenvalue weighted by Gasteiger charge is 2.27. The molecule has 0 fully saturated rings. The summed E-state index contributed by atoms with van der Waals surface area (Å²) in [5.41, 5.74) is 7.10. The third kappa shape index (κ3) is 3.20. The van der Waals surface area contributed by atoms with Gasteiger partial charge in [-0.1, -0.05) is 20.8 Å². The lowest BCUT2D eigenvalue weighted by Gasteiger charge is -2.18. The van der Waals surface area contributed by atoms with Crippen molar-refractivity contribution >= 4 is 28.2 Å². The van der Waals surface area contributed by atoms with Gasteiger partial charge in [0.2, 0.25) is 5.91 Å². The fourth-order valence-corrected chi connectivity index (χ4v) is 4.08. The zero-order valence-electron chi connectivity index (χ0n) is 12.3. The van der Waals surface area contributed by atoms with Crippen LogP contribution in [0.1, 0.15) is 54.4 Å². The van der Waals surface area contributed by atoms with E-state index in [-0.39, 0.29) is 5.91 Å². The molecule has 20 heavy (non-hydrogen) atoms. The Hall–Kier alpha value is -1.36. The summed E-state index contributed by atoms with van der Waals surface area (Å²) in [5.74, 6) is 0.439. The lowest BCUT2D eigenvalue weighted by atomic mass is 9.88. The van der Waals surface area contributed by atoms with Crippen LogP contribution in [0.25, 0.3) is 0 Å². The largest absolute Gasteiger partial charge is 0.365 e.